The molecule has 150 valence electrons. The predicted molar refractivity (Wildman–Crippen MR) is 110 cm³/mol. The van der Waals surface area contributed by atoms with Gasteiger partial charge in [0.2, 0.25) is 5.91 Å². The lowest BCUT2D eigenvalue weighted by atomic mass is 9.95. The first-order valence-corrected chi connectivity index (χ1v) is 10.7. The zero-order valence-corrected chi connectivity index (χ0v) is 17.3. The van der Waals surface area contributed by atoms with Crippen molar-refractivity contribution in [2.75, 3.05) is 26.2 Å². The minimum atomic E-state index is -0.0263. The average Bonchev–Trinajstić information content (AvgIpc) is 3.13. The van der Waals surface area contributed by atoms with Crippen molar-refractivity contribution in [1.82, 2.24) is 15.2 Å². The highest BCUT2D eigenvalue weighted by atomic mass is 32.1. The number of thiazole rings is 1. The summed E-state index contributed by atoms with van der Waals surface area (Å²) in [5.41, 5.74) is 1.68. The molecule has 2 aromatic rings. The van der Waals surface area contributed by atoms with Crippen molar-refractivity contribution < 1.29 is 14.3 Å². The van der Waals surface area contributed by atoms with Crippen molar-refractivity contribution >= 4 is 23.2 Å². The Labute approximate surface area is 169 Å². The van der Waals surface area contributed by atoms with Gasteiger partial charge in [-0.3, -0.25) is 9.59 Å². The molecule has 6 nitrogen and oxygen atoms in total. The molecule has 0 radical (unpaired) electrons. The van der Waals surface area contributed by atoms with Crippen LogP contribution in [0.3, 0.4) is 0 Å². The third-order valence-corrected chi connectivity index (χ3v) is 5.73. The Morgan fingerprint density at radius 2 is 1.96 bits per heavy atom. The van der Waals surface area contributed by atoms with Gasteiger partial charge >= 0.3 is 0 Å². The predicted octanol–water partition coefficient (Wildman–Crippen LogP) is 3.06. The molecule has 7 heteroatoms. The minimum absolute atomic E-state index is 0.0146. The second kappa shape index (κ2) is 9.68. The number of likely N-dealkylation sites (tertiary alicyclic amines) is 1. The number of rotatable bonds is 7. The molecule has 0 spiro atoms. The quantitative estimate of drug-likeness (QED) is 0.774. The smallest absolute Gasteiger partial charge is 0.253 e. The van der Waals surface area contributed by atoms with Crippen LogP contribution >= 0.6 is 11.3 Å². The molecule has 3 rings (SSSR count). The van der Waals surface area contributed by atoms with Gasteiger partial charge in [0.25, 0.3) is 5.91 Å². The van der Waals surface area contributed by atoms with E-state index in [4.69, 9.17) is 4.74 Å². The zero-order valence-electron chi connectivity index (χ0n) is 16.4. The van der Waals surface area contributed by atoms with Gasteiger partial charge in [-0.25, -0.2) is 4.98 Å². The molecular formula is C21H27N3O3S. The topological polar surface area (TPSA) is 71.5 Å². The fourth-order valence-electron chi connectivity index (χ4n) is 3.37. The van der Waals surface area contributed by atoms with Crippen molar-refractivity contribution in [3.05, 3.63) is 45.9 Å². The highest BCUT2D eigenvalue weighted by molar-refractivity contribution is 7.09. The molecule has 1 aliphatic rings. The number of piperidine rings is 1. The Morgan fingerprint density at radius 3 is 2.57 bits per heavy atom. The largest absolute Gasteiger partial charge is 0.494 e. The van der Waals surface area contributed by atoms with Crippen LogP contribution < -0.4 is 10.1 Å². The summed E-state index contributed by atoms with van der Waals surface area (Å²) in [7, 11) is 0. The van der Waals surface area contributed by atoms with Crippen molar-refractivity contribution in [1.29, 1.82) is 0 Å². The summed E-state index contributed by atoms with van der Waals surface area (Å²) in [4.78, 5) is 31.3. The van der Waals surface area contributed by atoms with Gasteiger partial charge in [0, 0.05) is 42.9 Å². The van der Waals surface area contributed by atoms with Gasteiger partial charge in [0.05, 0.1) is 17.3 Å². The molecule has 0 atom stereocenters. The van der Waals surface area contributed by atoms with Gasteiger partial charge in [-0.1, -0.05) is 0 Å². The zero-order chi connectivity index (χ0) is 19.9. The summed E-state index contributed by atoms with van der Waals surface area (Å²) >= 11 is 1.63. The van der Waals surface area contributed by atoms with Gasteiger partial charge in [-0.05, 0) is 51.0 Å². The van der Waals surface area contributed by atoms with E-state index in [0.29, 0.717) is 44.6 Å². The fourth-order valence-corrected chi connectivity index (χ4v) is 4.02. The first-order valence-electron chi connectivity index (χ1n) is 9.77. The van der Waals surface area contributed by atoms with Crippen LogP contribution in [0.25, 0.3) is 0 Å². The van der Waals surface area contributed by atoms with Crippen LogP contribution in [0.2, 0.25) is 0 Å². The normalized spacial score (nSPS) is 14.7. The minimum Gasteiger partial charge on any atom is -0.494 e. The summed E-state index contributed by atoms with van der Waals surface area (Å²) in [6, 6.07) is 7.24. The van der Waals surface area contributed by atoms with Crippen molar-refractivity contribution in [2.45, 2.75) is 33.1 Å². The highest BCUT2D eigenvalue weighted by Gasteiger charge is 2.27. The van der Waals surface area contributed by atoms with Crippen LogP contribution in [0, 0.1) is 12.8 Å². The maximum atomic E-state index is 12.7. The van der Waals surface area contributed by atoms with E-state index in [1.165, 1.54) is 0 Å². The van der Waals surface area contributed by atoms with Gasteiger partial charge in [0.1, 0.15) is 5.75 Å². The van der Waals surface area contributed by atoms with E-state index in [-0.39, 0.29) is 17.7 Å². The molecule has 28 heavy (non-hydrogen) atoms. The number of hydrogen-bond acceptors (Lipinski definition) is 5. The molecule has 1 aromatic heterocycles. The molecule has 2 heterocycles. The first kappa shape index (κ1) is 20.3. The number of benzene rings is 1. The fraction of sp³-hybridized carbons (Fsp3) is 0.476. The van der Waals surface area contributed by atoms with Gasteiger partial charge in [0.15, 0.2) is 0 Å². The van der Waals surface area contributed by atoms with Crippen LogP contribution in [0.4, 0.5) is 0 Å². The Balaban J connectivity index is 1.42. The van der Waals surface area contributed by atoms with Crippen LogP contribution in [0.1, 0.15) is 40.8 Å². The molecule has 1 aromatic carbocycles. The average molecular weight is 402 g/mol. The van der Waals surface area contributed by atoms with Gasteiger partial charge < -0.3 is 15.0 Å². The third kappa shape index (κ3) is 5.32. The number of amides is 2. The van der Waals surface area contributed by atoms with E-state index in [0.717, 1.165) is 22.9 Å². The number of hydrogen-bond donors (Lipinski definition) is 1. The number of aryl methyl sites for hydroxylation is 1. The van der Waals surface area contributed by atoms with Gasteiger partial charge in [-0.15, -0.1) is 11.3 Å². The molecule has 0 saturated carbocycles. The van der Waals surface area contributed by atoms with E-state index in [9.17, 15) is 9.59 Å². The number of ether oxygens (including phenoxy) is 1. The maximum Gasteiger partial charge on any atom is 0.253 e. The highest BCUT2D eigenvalue weighted by Crippen LogP contribution is 2.20. The SMILES string of the molecule is CCOc1ccc(C(=O)N2CCC(C(=O)NCCc3csc(C)n3)CC2)cc1. The lowest BCUT2D eigenvalue weighted by Crippen LogP contribution is -2.43. The molecule has 2 amide bonds. The van der Waals surface area contributed by atoms with Crippen molar-refractivity contribution in [2.24, 2.45) is 5.92 Å². The second-order valence-electron chi connectivity index (χ2n) is 6.92. The van der Waals surface area contributed by atoms with E-state index < -0.39 is 0 Å². The molecule has 0 aliphatic carbocycles. The Kier molecular flexibility index (Phi) is 7.03. The van der Waals surface area contributed by atoms with E-state index in [1.54, 1.807) is 23.5 Å². The number of nitrogens with one attached hydrogen (secondary N) is 1. The summed E-state index contributed by atoms with van der Waals surface area (Å²) in [6.07, 6.45) is 2.15. The Morgan fingerprint density at radius 1 is 1.25 bits per heavy atom. The van der Waals surface area contributed by atoms with E-state index >= 15 is 0 Å². The molecular weight excluding hydrogens is 374 g/mol. The van der Waals surface area contributed by atoms with Crippen molar-refractivity contribution in [3.8, 4) is 5.75 Å². The van der Waals surface area contributed by atoms with Crippen molar-refractivity contribution in [3.63, 3.8) is 0 Å². The molecule has 0 bridgehead atoms. The number of carbonyl (C=O) groups is 2. The van der Waals surface area contributed by atoms with Crippen LogP contribution in [0.15, 0.2) is 29.6 Å². The summed E-state index contributed by atoms with van der Waals surface area (Å²) in [5, 5.41) is 6.09. The molecule has 1 N–H and O–H groups in total. The van der Waals surface area contributed by atoms with E-state index in [2.05, 4.69) is 10.3 Å². The molecule has 1 fully saturated rings. The lowest BCUT2D eigenvalue weighted by molar-refractivity contribution is -0.126. The molecule has 1 aliphatic heterocycles. The number of carbonyl (C=O) groups excluding carboxylic acids is 2. The standard InChI is InChI=1S/C21H27N3O3S/c1-3-27-19-6-4-17(5-7-19)21(26)24-12-9-16(10-13-24)20(25)22-11-8-18-14-28-15(2)23-18/h4-7,14,16H,3,8-13H2,1-2H3,(H,22,25). The number of aromatic nitrogens is 1. The van der Waals surface area contributed by atoms with E-state index in [1.807, 2.05) is 36.3 Å². The summed E-state index contributed by atoms with van der Waals surface area (Å²) in [6.45, 7) is 6.33. The Hall–Kier alpha value is -2.41. The first-order chi connectivity index (χ1) is 13.6. The second-order valence-corrected chi connectivity index (χ2v) is 7.98. The maximum absolute atomic E-state index is 12.7. The van der Waals surface area contributed by atoms with Crippen LogP contribution in [-0.2, 0) is 11.2 Å². The summed E-state index contributed by atoms with van der Waals surface area (Å²) < 4.78 is 5.42. The lowest BCUT2D eigenvalue weighted by Gasteiger charge is -2.31. The number of nitrogens with zero attached hydrogens (tertiary/aromatic N) is 2. The third-order valence-electron chi connectivity index (χ3n) is 4.91. The monoisotopic (exact) mass is 401 g/mol. The summed E-state index contributed by atoms with van der Waals surface area (Å²) in [5.74, 6) is 0.838. The van der Waals surface area contributed by atoms with Crippen LogP contribution in [0.5, 0.6) is 5.75 Å². The van der Waals surface area contributed by atoms with Crippen LogP contribution in [-0.4, -0.2) is 47.9 Å². The van der Waals surface area contributed by atoms with Gasteiger partial charge in [-0.2, -0.15) is 0 Å². The Bertz CT molecular complexity index is 795. The molecule has 0 unspecified atom stereocenters. The molecule has 1 saturated heterocycles.